The van der Waals surface area contributed by atoms with Gasteiger partial charge in [-0.1, -0.05) is 56.2 Å². The summed E-state index contributed by atoms with van der Waals surface area (Å²) in [7, 11) is 2.41. The van der Waals surface area contributed by atoms with E-state index in [0.29, 0.717) is 17.5 Å². The first-order chi connectivity index (χ1) is 15.9. The standard InChI is InChI=1S/C25H30N2O6/c1-4-5-16-25(24(31)33-3,27-22(29)19-14-10-7-11-15-19)17-20(23(30)32-2)26-21(28)18-12-8-6-9-13-18/h6-15,20H,4-5,16-17H2,1-3H3,(H,26,28)(H,27,29)/t20?,25-/m0/s1. The number of amides is 2. The Balaban J connectivity index is 2.40. The first kappa shape index (κ1) is 25.6. The third-order valence-electron chi connectivity index (χ3n) is 5.30. The third kappa shape index (κ3) is 6.90. The number of carbonyl (C=O) groups excluding carboxylic acids is 4. The molecule has 0 saturated heterocycles. The fourth-order valence-corrected chi connectivity index (χ4v) is 3.52. The second-order valence-electron chi connectivity index (χ2n) is 7.62. The molecule has 2 amide bonds. The first-order valence-corrected chi connectivity index (χ1v) is 10.8. The van der Waals surface area contributed by atoms with E-state index in [4.69, 9.17) is 9.47 Å². The topological polar surface area (TPSA) is 111 Å². The van der Waals surface area contributed by atoms with Crippen molar-refractivity contribution in [3.63, 3.8) is 0 Å². The summed E-state index contributed by atoms with van der Waals surface area (Å²) in [6.07, 6.45) is 1.29. The lowest BCUT2D eigenvalue weighted by atomic mass is 9.85. The molecule has 2 aromatic carbocycles. The lowest BCUT2D eigenvalue weighted by Gasteiger charge is -2.34. The molecule has 0 aliphatic heterocycles. The predicted octanol–water partition coefficient (Wildman–Crippen LogP) is 2.88. The average molecular weight is 455 g/mol. The van der Waals surface area contributed by atoms with E-state index in [9.17, 15) is 19.2 Å². The van der Waals surface area contributed by atoms with Crippen LogP contribution in [0, 0.1) is 0 Å². The van der Waals surface area contributed by atoms with Crippen molar-refractivity contribution in [3.05, 3.63) is 71.8 Å². The molecule has 8 heteroatoms. The van der Waals surface area contributed by atoms with Gasteiger partial charge in [0.05, 0.1) is 14.2 Å². The van der Waals surface area contributed by atoms with Gasteiger partial charge in [0.25, 0.3) is 11.8 Å². The number of nitrogens with one attached hydrogen (secondary N) is 2. The number of carbonyl (C=O) groups is 4. The highest BCUT2D eigenvalue weighted by Gasteiger charge is 2.45. The van der Waals surface area contributed by atoms with E-state index in [2.05, 4.69) is 10.6 Å². The summed E-state index contributed by atoms with van der Waals surface area (Å²) >= 11 is 0. The van der Waals surface area contributed by atoms with Crippen LogP contribution in [0.25, 0.3) is 0 Å². The van der Waals surface area contributed by atoms with Crippen LogP contribution in [0.4, 0.5) is 0 Å². The van der Waals surface area contributed by atoms with E-state index in [1.807, 2.05) is 6.92 Å². The molecule has 2 aromatic rings. The number of rotatable bonds is 11. The van der Waals surface area contributed by atoms with Gasteiger partial charge in [0.2, 0.25) is 0 Å². The number of unbranched alkanes of at least 4 members (excludes halogenated alkanes) is 1. The van der Waals surface area contributed by atoms with Crippen molar-refractivity contribution in [1.82, 2.24) is 10.6 Å². The Labute approximate surface area is 193 Å². The van der Waals surface area contributed by atoms with Crippen LogP contribution in [0.5, 0.6) is 0 Å². The molecule has 2 atom stereocenters. The predicted molar refractivity (Wildman–Crippen MR) is 123 cm³/mol. The molecule has 0 radical (unpaired) electrons. The summed E-state index contributed by atoms with van der Waals surface area (Å²) in [5.74, 6) is -2.44. The van der Waals surface area contributed by atoms with E-state index in [-0.39, 0.29) is 12.8 Å². The van der Waals surface area contributed by atoms with Crippen LogP contribution in [0.2, 0.25) is 0 Å². The van der Waals surface area contributed by atoms with E-state index < -0.39 is 35.3 Å². The third-order valence-corrected chi connectivity index (χ3v) is 5.30. The van der Waals surface area contributed by atoms with Crippen LogP contribution in [0.1, 0.15) is 53.3 Å². The second kappa shape index (κ2) is 12.4. The molecule has 8 nitrogen and oxygen atoms in total. The minimum Gasteiger partial charge on any atom is -0.467 e. The molecule has 0 saturated carbocycles. The van der Waals surface area contributed by atoms with Crippen LogP contribution in [0.3, 0.4) is 0 Å². The molecule has 0 aliphatic rings. The highest BCUT2D eigenvalue weighted by Crippen LogP contribution is 2.25. The van der Waals surface area contributed by atoms with Gasteiger partial charge in [0.15, 0.2) is 0 Å². The van der Waals surface area contributed by atoms with Gasteiger partial charge in [-0.05, 0) is 30.7 Å². The van der Waals surface area contributed by atoms with Crippen LogP contribution in [-0.2, 0) is 19.1 Å². The van der Waals surface area contributed by atoms with Gasteiger partial charge in [0.1, 0.15) is 11.6 Å². The lowest BCUT2D eigenvalue weighted by Crippen LogP contribution is -2.59. The largest absolute Gasteiger partial charge is 0.467 e. The summed E-state index contributed by atoms with van der Waals surface area (Å²) in [4.78, 5) is 51.3. The van der Waals surface area contributed by atoms with Crippen molar-refractivity contribution < 1.29 is 28.7 Å². The van der Waals surface area contributed by atoms with Crippen LogP contribution >= 0.6 is 0 Å². The number of benzene rings is 2. The maximum atomic E-state index is 13.0. The Morgan fingerprint density at radius 1 is 0.848 bits per heavy atom. The summed E-state index contributed by atoms with van der Waals surface area (Å²) < 4.78 is 9.92. The summed E-state index contributed by atoms with van der Waals surface area (Å²) in [6.45, 7) is 1.94. The van der Waals surface area contributed by atoms with Crippen molar-refractivity contribution in [3.8, 4) is 0 Å². The van der Waals surface area contributed by atoms with Gasteiger partial charge in [0, 0.05) is 17.5 Å². The molecule has 1 unspecified atom stereocenters. The maximum absolute atomic E-state index is 13.0. The van der Waals surface area contributed by atoms with Crippen LogP contribution in [-0.4, -0.2) is 49.6 Å². The van der Waals surface area contributed by atoms with E-state index in [1.54, 1.807) is 60.7 Å². The summed E-state index contributed by atoms with van der Waals surface area (Å²) in [6, 6.07) is 15.6. The van der Waals surface area contributed by atoms with Gasteiger partial charge in [-0.2, -0.15) is 0 Å². The van der Waals surface area contributed by atoms with Crippen molar-refractivity contribution in [2.75, 3.05) is 14.2 Å². The molecular formula is C25H30N2O6. The lowest BCUT2D eigenvalue weighted by molar-refractivity contribution is -0.151. The van der Waals surface area contributed by atoms with Crippen molar-refractivity contribution >= 4 is 23.8 Å². The van der Waals surface area contributed by atoms with Gasteiger partial charge < -0.3 is 20.1 Å². The smallest absolute Gasteiger partial charge is 0.331 e. The van der Waals surface area contributed by atoms with Crippen molar-refractivity contribution in [2.24, 2.45) is 0 Å². The van der Waals surface area contributed by atoms with Crippen LogP contribution < -0.4 is 10.6 Å². The normalized spacial score (nSPS) is 13.2. The summed E-state index contributed by atoms with van der Waals surface area (Å²) in [5.41, 5.74) is -0.859. The molecule has 0 aromatic heterocycles. The fraction of sp³-hybridized carbons (Fsp3) is 0.360. The fourth-order valence-electron chi connectivity index (χ4n) is 3.52. The van der Waals surface area contributed by atoms with E-state index in [0.717, 1.165) is 6.42 Å². The Hall–Kier alpha value is -3.68. The van der Waals surface area contributed by atoms with Gasteiger partial charge >= 0.3 is 11.9 Å². The molecule has 0 aliphatic carbocycles. The Morgan fingerprint density at radius 2 is 1.39 bits per heavy atom. The maximum Gasteiger partial charge on any atom is 0.331 e. The molecule has 33 heavy (non-hydrogen) atoms. The Morgan fingerprint density at radius 3 is 1.88 bits per heavy atom. The van der Waals surface area contributed by atoms with Gasteiger partial charge in [-0.25, -0.2) is 9.59 Å². The number of hydrogen-bond acceptors (Lipinski definition) is 6. The van der Waals surface area contributed by atoms with Crippen LogP contribution in [0.15, 0.2) is 60.7 Å². The molecule has 0 fully saturated rings. The zero-order chi connectivity index (χ0) is 24.3. The minimum atomic E-state index is -1.56. The second-order valence-corrected chi connectivity index (χ2v) is 7.62. The number of ether oxygens (including phenoxy) is 2. The van der Waals surface area contributed by atoms with Crippen molar-refractivity contribution in [1.29, 1.82) is 0 Å². The number of methoxy groups -OCH3 is 2. The zero-order valence-electron chi connectivity index (χ0n) is 19.1. The first-order valence-electron chi connectivity index (χ1n) is 10.8. The van der Waals surface area contributed by atoms with Crippen molar-refractivity contribution in [2.45, 2.75) is 44.2 Å². The molecule has 0 spiro atoms. The monoisotopic (exact) mass is 454 g/mol. The zero-order valence-corrected chi connectivity index (χ0v) is 19.1. The Bertz CT molecular complexity index is 948. The Kier molecular flexibility index (Phi) is 9.60. The average Bonchev–Trinajstić information content (AvgIpc) is 2.86. The molecule has 0 bridgehead atoms. The molecular weight excluding hydrogens is 424 g/mol. The van der Waals surface area contributed by atoms with E-state index in [1.165, 1.54) is 14.2 Å². The van der Waals surface area contributed by atoms with E-state index >= 15 is 0 Å². The number of hydrogen-bond donors (Lipinski definition) is 2. The van der Waals surface area contributed by atoms with Gasteiger partial charge in [-0.3, -0.25) is 9.59 Å². The quantitative estimate of drug-likeness (QED) is 0.505. The molecule has 0 heterocycles. The summed E-state index contributed by atoms with van der Waals surface area (Å²) in [5, 5.41) is 5.42. The highest BCUT2D eigenvalue weighted by atomic mass is 16.5. The highest BCUT2D eigenvalue weighted by molar-refractivity contribution is 5.99. The number of esters is 2. The molecule has 176 valence electrons. The molecule has 2 rings (SSSR count). The van der Waals surface area contributed by atoms with Gasteiger partial charge in [-0.15, -0.1) is 0 Å². The minimum absolute atomic E-state index is 0.212. The molecule has 2 N–H and O–H groups in total. The SMILES string of the molecule is CCCC[C@@](CC(NC(=O)c1ccccc1)C(=O)OC)(NC(=O)c1ccccc1)C(=O)OC.